The van der Waals surface area contributed by atoms with Gasteiger partial charge < -0.3 is 15.0 Å². The molecule has 2 aromatic rings. The molecule has 138 valence electrons. The average Bonchev–Trinajstić information content (AvgIpc) is 2.73. The third-order valence-electron chi connectivity index (χ3n) is 4.60. The minimum Gasteiger partial charge on any atom is -0.461 e. The van der Waals surface area contributed by atoms with Gasteiger partial charge in [-0.15, -0.1) is 0 Å². The Hall–Kier alpha value is -3.33. The molecule has 1 aliphatic rings. The molecule has 3 rings (SSSR count). The highest BCUT2D eigenvalue weighted by atomic mass is 16.5. The van der Waals surface area contributed by atoms with E-state index in [1.54, 1.807) is 29.2 Å². The Balaban J connectivity index is 1.43. The number of carbonyl (C=O) groups excluding carboxylic acids is 2. The van der Waals surface area contributed by atoms with E-state index in [2.05, 4.69) is 11.4 Å². The molecule has 2 amide bonds. The molecule has 1 fully saturated rings. The number of nitrogens with zero attached hydrogens (tertiary/aromatic N) is 2. The second-order valence-electron chi connectivity index (χ2n) is 6.47. The molecule has 0 spiro atoms. The number of piperidine rings is 1. The quantitative estimate of drug-likeness (QED) is 0.842. The normalized spacial score (nSPS) is 14.3. The number of nitrogens with one attached hydrogen (secondary N) is 1. The smallest absolute Gasteiger partial charge is 0.321 e. The Morgan fingerprint density at radius 2 is 1.74 bits per heavy atom. The first-order chi connectivity index (χ1) is 13.2. The predicted octanol–water partition coefficient (Wildman–Crippen LogP) is 3.55. The fourth-order valence-electron chi connectivity index (χ4n) is 2.99. The van der Waals surface area contributed by atoms with E-state index < -0.39 is 0 Å². The summed E-state index contributed by atoms with van der Waals surface area (Å²) in [4.78, 5) is 26.3. The monoisotopic (exact) mass is 363 g/mol. The molecule has 0 aromatic heterocycles. The number of likely N-dealkylation sites (tertiary alicyclic amines) is 1. The van der Waals surface area contributed by atoms with Crippen LogP contribution >= 0.6 is 0 Å². The van der Waals surface area contributed by atoms with E-state index in [-0.39, 0.29) is 24.5 Å². The van der Waals surface area contributed by atoms with Crippen molar-refractivity contribution in [2.75, 3.05) is 18.4 Å². The van der Waals surface area contributed by atoms with Gasteiger partial charge in [-0.2, -0.15) is 5.26 Å². The van der Waals surface area contributed by atoms with E-state index in [1.807, 2.05) is 30.3 Å². The molecule has 27 heavy (non-hydrogen) atoms. The molecule has 1 heterocycles. The van der Waals surface area contributed by atoms with E-state index in [9.17, 15) is 9.59 Å². The number of urea groups is 1. The number of amides is 2. The lowest BCUT2D eigenvalue weighted by atomic mass is 9.97. The van der Waals surface area contributed by atoms with Crippen molar-refractivity contribution in [1.82, 2.24) is 4.90 Å². The van der Waals surface area contributed by atoms with Crippen LogP contribution < -0.4 is 5.32 Å². The molecular weight excluding hydrogens is 342 g/mol. The van der Waals surface area contributed by atoms with Crippen LogP contribution in [0.4, 0.5) is 10.5 Å². The Morgan fingerprint density at radius 3 is 2.37 bits per heavy atom. The van der Waals surface area contributed by atoms with E-state index in [0.29, 0.717) is 31.5 Å². The summed E-state index contributed by atoms with van der Waals surface area (Å²) in [6.07, 6.45) is 1.18. The third-order valence-corrected chi connectivity index (χ3v) is 4.60. The van der Waals surface area contributed by atoms with Crippen molar-refractivity contribution in [2.45, 2.75) is 19.4 Å². The Kier molecular flexibility index (Phi) is 6.06. The van der Waals surface area contributed by atoms with Crippen molar-refractivity contribution in [3.63, 3.8) is 0 Å². The van der Waals surface area contributed by atoms with Gasteiger partial charge in [-0.1, -0.05) is 30.3 Å². The van der Waals surface area contributed by atoms with Crippen LogP contribution in [0.2, 0.25) is 0 Å². The Labute approximate surface area is 158 Å². The van der Waals surface area contributed by atoms with Crippen molar-refractivity contribution < 1.29 is 14.3 Å². The summed E-state index contributed by atoms with van der Waals surface area (Å²) in [5.74, 6) is -0.424. The van der Waals surface area contributed by atoms with E-state index >= 15 is 0 Å². The van der Waals surface area contributed by atoms with Gasteiger partial charge in [-0.25, -0.2) is 4.79 Å². The zero-order valence-electron chi connectivity index (χ0n) is 14.9. The molecule has 0 aliphatic carbocycles. The highest BCUT2D eigenvalue weighted by Gasteiger charge is 2.28. The number of anilines is 1. The van der Waals surface area contributed by atoms with Crippen LogP contribution in [0.15, 0.2) is 54.6 Å². The van der Waals surface area contributed by atoms with Crippen molar-refractivity contribution >= 4 is 17.7 Å². The van der Waals surface area contributed by atoms with Crippen LogP contribution in [-0.4, -0.2) is 30.0 Å². The molecule has 0 saturated carbocycles. The standard InChI is InChI=1S/C21H21N3O3/c22-14-16-6-8-17(9-7-16)15-27-20(25)18-10-12-24(13-11-18)21(26)23-19-4-2-1-3-5-19/h1-9,18H,10-13,15H2,(H,23,26). The molecule has 6 heteroatoms. The van der Waals surface area contributed by atoms with Crippen LogP contribution in [0.5, 0.6) is 0 Å². The highest BCUT2D eigenvalue weighted by Crippen LogP contribution is 2.20. The van der Waals surface area contributed by atoms with Gasteiger partial charge in [0.15, 0.2) is 0 Å². The van der Waals surface area contributed by atoms with Crippen molar-refractivity contribution in [3.8, 4) is 6.07 Å². The number of esters is 1. The van der Waals surface area contributed by atoms with Gasteiger partial charge in [0.25, 0.3) is 0 Å². The first kappa shape index (κ1) is 18.5. The van der Waals surface area contributed by atoms with E-state index in [0.717, 1.165) is 11.3 Å². The molecule has 2 aromatic carbocycles. The molecule has 0 unspecified atom stereocenters. The minimum absolute atomic E-state index is 0.148. The molecule has 0 radical (unpaired) electrons. The predicted molar refractivity (Wildman–Crippen MR) is 101 cm³/mol. The molecule has 1 saturated heterocycles. The van der Waals surface area contributed by atoms with Gasteiger partial charge in [0.1, 0.15) is 6.61 Å². The number of rotatable bonds is 4. The van der Waals surface area contributed by atoms with Gasteiger partial charge >= 0.3 is 12.0 Å². The summed E-state index contributed by atoms with van der Waals surface area (Å²) in [6, 6.07) is 18.2. The lowest BCUT2D eigenvalue weighted by molar-refractivity contribution is -0.151. The van der Waals surface area contributed by atoms with Crippen molar-refractivity contribution in [2.24, 2.45) is 5.92 Å². The van der Waals surface area contributed by atoms with Gasteiger partial charge in [-0.05, 0) is 42.7 Å². The maximum absolute atomic E-state index is 12.3. The van der Waals surface area contributed by atoms with Crippen LogP contribution in [0.25, 0.3) is 0 Å². The maximum atomic E-state index is 12.3. The summed E-state index contributed by atoms with van der Waals surface area (Å²) < 4.78 is 5.39. The van der Waals surface area contributed by atoms with Gasteiger partial charge in [0, 0.05) is 18.8 Å². The minimum atomic E-state index is -0.234. The topological polar surface area (TPSA) is 82.4 Å². The lowest BCUT2D eigenvalue weighted by Gasteiger charge is -2.31. The first-order valence-electron chi connectivity index (χ1n) is 8.92. The number of para-hydroxylation sites is 1. The van der Waals surface area contributed by atoms with Crippen LogP contribution in [0, 0.1) is 17.2 Å². The summed E-state index contributed by atoms with van der Waals surface area (Å²) >= 11 is 0. The number of hydrogen-bond acceptors (Lipinski definition) is 4. The second-order valence-corrected chi connectivity index (χ2v) is 6.47. The molecular formula is C21H21N3O3. The van der Waals surface area contributed by atoms with Crippen molar-refractivity contribution in [3.05, 3.63) is 65.7 Å². The summed E-state index contributed by atoms with van der Waals surface area (Å²) in [5.41, 5.74) is 2.18. The van der Waals surface area contributed by atoms with E-state index in [1.165, 1.54) is 0 Å². The second kappa shape index (κ2) is 8.86. The SMILES string of the molecule is N#Cc1ccc(COC(=O)C2CCN(C(=O)Nc3ccccc3)CC2)cc1. The van der Waals surface area contributed by atoms with Gasteiger partial charge in [-0.3, -0.25) is 4.79 Å². The largest absolute Gasteiger partial charge is 0.461 e. The Bertz CT molecular complexity index is 820. The molecule has 1 aliphatic heterocycles. The number of ether oxygens (including phenoxy) is 1. The average molecular weight is 363 g/mol. The third kappa shape index (κ3) is 5.08. The van der Waals surface area contributed by atoms with Gasteiger partial charge in [0.05, 0.1) is 17.6 Å². The number of hydrogen-bond donors (Lipinski definition) is 1. The van der Waals surface area contributed by atoms with Crippen LogP contribution in [0.1, 0.15) is 24.0 Å². The highest BCUT2D eigenvalue weighted by molar-refractivity contribution is 5.89. The zero-order chi connectivity index (χ0) is 19.1. The lowest BCUT2D eigenvalue weighted by Crippen LogP contribution is -2.42. The zero-order valence-corrected chi connectivity index (χ0v) is 14.9. The fourth-order valence-corrected chi connectivity index (χ4v) is 2.99. The fraction of sp³-hybridized carbons (Fsp3) is 0.286. The number of benzene rings is 2. The molecule has 0 atom stereocenters. The maximum Gasteiger partial charge on any atom is 0.321 e. The first-order valence-corrected chi connectivity index (χ1v) is 8.92. The summed E-state index contributed by atoms with van der Waals surface area (Å²) in [5, 5.41) is 11.7. The van der Waals surface area contributed by atoms with Crippen molar-refractivity contribution in [1.29, 1.82) is 5.26 Å². The summed E-state index contributed by atoms with van der Waals surface area (Å²) in [7, 11) is 0. The molecule has 1 N–H and O–H groups in total. The number of carbonyl (C=O) groups is 2. The number of nitriles is 1. The molecule has 0 bridgehead atoms. The molecule has 6 nitrogen and oxygen atoms in total. The summed E-state index contributed by atoms with van der Waals surface area (Å²) in [6.45, 7) is 1.24. The van der Waals surface area contributed by atoms with E-state index in [4.69, 9.17) is 10.00 Å². The van der Waals surface area contributed by atoms with Crippen LogP contribution in [0.3, 0.4) is 0 Å². The Morgan fingerprint density at radius 1 is 1.07 bits per heavy atom. The van der Waals surface area contributed by atoms with Gasteiger partial charge in [0.2, 0.25) is 0 Å². The van der Waals surface area contributed by atoms with Crippen LogP contribution in [-0.2, 0) is 16.1 Å².